The fourth-order valence-electron chi connectivity index (χ4n) is 1.90. The van der Waals surface area contributed by atoms with Crippen LogP contribution in [0.25, 0.3) is 0 Å². The maximum Gasteiger partial charge on any atom is 0.123 e. The molecule has 2 aromatic rings. The molecule has 0 bridgehead atoms. The summed E-state index contributed by atoms with van der Waals surface area (Å²) in [5, 5.41) is 0. The maximum atomic E-state index is 13.1. The van der Waals surface area contributed by atoms with Gasteiger partial charge in [-0.15, -0.1) is 0 Å². The van der Waals surface area contributed by atoms with Crippen LogP contribution < -0.4 is 5.73 Å². The fourth-order valence-corrected chi connectivity index (χ4v) is 1.90. The molecule has 1 aromatic heterocycles. The van der Waals surface area contributed by atoms with Crippen LogP contribution >= 0.6 is 0 Å². The number of hydrogen-bond donors (Lipinski definition) is 1. The Morgan fingerprint density at radius 3 is 2.76 bits per heavy atom. The summed E-state index contributed by atoms with van der Waals surface area (Å²) in [7, 11) is 0. The Balaban J connectivity index is 2.17. The van der Waals surface area contributed by atoms with E-state index in [1.54, 1.807) is 18.3 Å². The molecule has 2 N–H and O–H groups in total. The Kier molecular flexibility index (Phi) is 3.83. The summed E-state index contributed by atoms with van der Waals surface area (Å²) in [5.41, 5.74) is 7.82. The minimum atomic E-state index is -0.216. The largest absolute Gasteiger partial charge is 0.330 e. The second kappa shape index (κ2) is 5.55. The third-order valence-electron chi connectivity index (χ3n) is 2.81. The lowest BCUT2D eigenvalue weighted by molar-refractivity contribution is 0.616. The van der Waals surface area contributed by atoms with E-state index in [-0.39, 0.29) is 11.7 Å². The second-order valence-corrected chi connectivity index (χ2v) is 4.05. The highest BCUT2D eigenvalue weighted by Gasteiger charge is 2.11. The molecule has 0 radical (unpaired) electrons. The Morgan fingerprint density at radius 2 is 2.12 bits per heavy atom. The van der Waals surface area contributed by atoms with Gasteiger partial charge in [0.2, 0.25) is 0 Å². The van der Waals surface area contributed by atoms with Crippen LogP contribution in [0, 0.1) is 5.82 Å². The number of hydrogen-bond acceptors (Lipinski definition) is 2. The molecule has 0 saturated carbocycles. The van der Waals surface area contributed by atoms with Gasteiger partial charge in [0.1, 0.15) is 5.82 Å². The zero-order valence-electron chi connectivity index (χ0n) is 9.51. The molecule has 0 aliphatic heterocycles. The Hall–Kier alpha value is -1.74. The van der Waals surface area contributed by atoms with E-state index in [0.717, 1.165) is 17.5 Å². The minimum absolute atomic E-state index is 0.134. The van der Waals surface area contributed by atoms with E-state index in [1.807, 2.05) is 24.4 Å². The number of rotatable bonds is 4. The topological polar surface area (TPSA) is 38.9 Å². The molecule has 0 spiro atoms. The smallest absolute Gasteiger partial charge is 0.123 e. The van der Waals surface area contributed by atoms with E-state index in [9.17, 15) is 4.39 Å². The molecule has 0 amide bonds. The number of pyridine rings is 1. The van der Waals surface area contributed by atoms with Crippen LogP contribution in [0.2, 0.25) is 0 Å². The van der Waals surface area contributed by atoms with E-state index < -0.39 is 0 Å². The SMILES string of the molecule is NCC(Cc1cccnc1)c1cccc(F)c1. The molecular formula is C14H15FN2. The first-order chi connectivity index (χ1) is 8.29. The average molecular weight is 230 g/mol. The maximum absolute atomic E-state index is 13.1. The molecule has 2 rings (SSSR count). The summed E-state index contributed by atoms with van der Waals surface area (Å²) in [4.78, 5) is 4.07. The third-order valence-corrected chi connectivity index (χ3v) is 2.81. The highest BCUT2D eigenvalue weighted by atomic mass is 19.1. The molecular weight excluding hydrogens is 215 g/mol. The second-order valence-electron chi connectivity index (χ2n) is 4.05. The van der Waals surface area contributed by atoms with E-state index >= 15 is 0 Å². The minimum Gasteiger partial charge on any atom is -0.330 e. The Labute approximate surface area is 100 Å². The standard InChI is InChI=1S/C14H15FN2/c15-14-5-1-4-12(8-14)13(9-16)7-11-3-2-6-17-10-11/h1-6,8,10,13H,7,9,16H2. The molecule has 0 saturated heterocycles. The first-order valence-corrected chi connectivity index (χ1v) is 5.64. The molecule has 1 aromatic carbocycles. The summed E-state index contributed by atoms with van der Waals surface area (Å²) >= 11 is 0. The van der Waals surface area contributed by atoms with Crippen molar-refractivity contribution in [3.63, 3.8) is 0 Å². The van der Waals surface area contributed by atoms with E-state index in [2.05, 4.69) is 4.98 Å². The number of aromatic nitrogens is 1. The van der Waals surface area contributed by atoms with Crippen molar-refractivity contribution >= 4 is 0 Å². The highest BCUT2D eigenvalue weighted by Crippen LogP contribution is 2.20. The van der Waals surface area contributed by atoms with Gasteiger partial charge in [-0.05, 0) is 42.3 Å². The van der Waals surface area contributed by atoms with Crippen molar-refractivity contribution in [2.45, 2.75) is 12.3 Å². The molecule has 1 unspecified atom stereocenters. The molecule has 0 aliphatic carbocycles. The number of benzene rings is 1. The van der Waals surface area contributed by atoms with Gasteiger partial charge in [0.25, 0.3) is 0 Å². The van der Waals surface area contributed by atoms with Gasteiger partial charge in [-0.25, -0.2) is 4.39 Å². The van der Waals surface area contributed by atoms with Crippen LogP contribution in [-0.4, -0.2) is 11.5 Å². The molecule has 88 valence electrons. The van der Waals surface area contributed by atoms with Crippen molar-refractivity contribution in [1.29, 1.82) is 0 Å². The Morgan fingerprint density at radius 1 is 1.24 bits per heavy atom. The normalized spacial score (nSPS) is 12.4. The van der Waals surface area contributed by atoms with Gasteiger partial charge in [0.05, 0.1) is 0 Å². The van der Waals surface area contributed by atoms with Crippen molar-refractivity contribution in [3.05, 3.63) is 65.7 Å². The van der Waals surface area contributed by atoms with Crippen molar-refractivity contribution in [3.8, 4) is 0 Å². The first-order valence-electron chi connectivity index (χ1n) is 5.64. The monoisotopic (exact) mass is 230 g/mol. The van der Waals surface area contributed by atoms with Crippen molar-refractivity contribution < 1.29 is 4.39 Å². The molecule has 0 aliphatic rings. The van der Waals surface area contributed by atoms with E-state index in [1.165, 1.54) is 6.07 Å². The number of halogens is 1. The zero-order valence-corrected chi connectivity index (χ0v) is 9.51. The first kappa shape index (κ1) is 11.7. The summed E-state index contributed by atoms with van der Waals surface area (Å²) < 4.78 is 13.1. The van der Waals surface area contributed by atoms with Gasteiger partial charge < -0.3 is 5.73 Å². The highest BCUT2D eigenvalue weighted by molar-refractivity contribution is 5.24. The van der Waals surface area contributed by atoms with Crippen molar-refractivity contribution in [2.75, 3.05) is 6.54 Å². The summed E-state index contributed by atoms with van der Waals surface area (Å²) in [6.07, 6.45) is 4.35. The van der Waals surface area contributed by atoms with Gasteiger partial charge in [0, 0.05) is 18.3 Å². The predicted octanol–water partition coefficient (Wildman–Crippen LogP) is 2.51. The lowest BCUT2D eigenvalue weighted by Crippen LogP contribution is -2.15. The van der Waals surface area contributed by atoms with Crippen LogP contribution in [0.15, 0.2) is 48.8 Å². The predicted molar refractivity (Wildman–Crippen MR) is 66.1 cm³/mol. The zero-order chi connectivity index (χ0) is 12.1. The van der Waals surface area contributed by atoms with Crippen LogP contribution in [0.4, 0.5) is 4.39 Å². The van der Waals surface area contributed by atoms with Crippen LogP contribution in [0.1, 0.15) is 17.0 Å². The molecule has 17 heavy (non-hydrogen) atoms. The summed E-state index contributed by atoms with van der Waals surface area (Å²) in [6, 6.07) is 10.5. The van der Waals surface area contributed by atoms with Gasteiger partial charge in [0.15, 0.2) is 0 Å². The number of nitrogens with zero attached hydrogens (tertiary/aromatic N) is 1. The van der Waals surface area contributed by atoms with Gasteiger partial charge >= 0.3 is 0 Å². The lowest BCUT2D eigenvalue weighted by atomic mass is 9.93. The molecule has 0 fully saturated rings. The van der Waals surface area contributed by atoms with E-state index in [4.69, 9.17) is 5.73 Å². The van der Waals surface area contributed by atoms with Crippen molar-refractivity contribution in [2.24, 2.45) is 5.73 Å². The van der Waals surface area contributed by atoms with Gasteiger partial charge in [-0.1, -0.05) is 18.2 Å². The average Bonchev–Trinajstić information content (AvgIpc) is 2.37. The van der Waals surface area contributed by atoms with Crippen LogP contribution in [0.5, 0.6) is 0 Å². The van der Waals surface area contributed by atoms with Crippen molar-refractivity contribution in [1.82, 2.24) is 4.98 Å². The molecule has 1 atom stereocenters. The van der Waals surface area contributed by atoms with Crippen LogP contribution in [-0.2, 0) is 6.42 Å². The lowest BCUT2D eigenvalue weighted by Gasteiger charge is -2.15. The van der Waals surface area contributed by atoms with Crippen LogP contribution in [0.3, 0.4) is 0 Å². The summed E-state index contributed by atoms with van der Waals surface area (Å²) in [6.45, 7) is 0.498. The molecule has 2 nitrogen and oxygen atoms in total. The third kappa shape index (κ3) is 3.11. The Bertz CT molecular complexity index is 471. The van der Waals surface area contributed by atoms with E-state index in [0.29, 0.717) is 6.54 Å². The summed E-state index contributed by atoms with van der Waals surface area (Å²) in [5.74, 6) is -0.0814. The van der Waals surface area contributed by atoms with Gasteiger partial charge in [-0.3, -0.25) is 4.98 Å². The fraction of sp³-hybridized carbons (Fsp3) is 0.214. The molecule has 3 heteroatoms. The number of nitrogens with two attached hydrogens (primary N) is 1. The quantitative estimate of drug-likeness (QED) is 0.876. The van der Waals surface area contributed by atoms with Gasteiger partial charge in [-0.2, -0.15) is 0 Å². The molecule has 1 heterocycles.